The minimum Gasteiger partial charge on any atom is -0.314 e. The molecule has 0 amide bonds. The highest BCUT2D eigenvalue weighted by molar-refractivity contribution is 5.02. The normalized spacial score (nSPS) is 23.3. The Kier molecular flexibility index (Phi) is 4.08. The zero-order valence-electron chi connectivity index (χ0n) is 12.9. The Hall–Kier alpha value is -0.940. The minimum absolute atomic E-state index is 0.370. The number of aromatic nitrogens is 3. The van der Waals surface area contributed by atoms with E-state index in [1.807, 2.05) is 6.92 Å². The Labute approximate surface area is 121 Å². The van der Waals surface area contributed by atoms with Crippen LogP contribution < -0.4 is 5.32 Å². The van der Waals surface area contributed by atoms with Crippen molar-refractivity contribution in [2.45, 2.75) is 64.6 Å². The molecule has 5 heteroatoms. The number of piperazine rings is 1. The van der Waals surface area contributed by atoms with Crippen LogP contribution in [0.1, 0.15) is 50.7 Å². The van der Waals surface area contributed by atoms with E-state index in [1.165, 1.54) is 32.1 Å². The van der Waals surface area contributed by atoms with Crippen LogP contribution in [0.2, 0.25) is 0 Å². The van der Waals surface area contributed by atoms with E-state index in [2.05, 4.69) is 31.9 Å². The zero-order valence-corrected chi connectivity index (χ0v) is 12.9. The Bertz CT molecular complexity index is 439. The van der Waals surface area contributed by atoms with Gasteiger partial charge >= 0.3 is 0 Å². The molecule has 1 aromatic rings. The van der Waals surface area contributed by atoms with Crippen LogP contribution in [0.15, 0.2) is 0 Å². The van der Waals surface area contributed by atoms with Gasteiger partial charge in [0, 0.05) is 31.7 Å². The Morgan fingerprint density at radius 2 is 2.00 bits per heavy atom. The number of nitrogens with one attached hydrogen (secondary N) is 1. The van der Waals surface area contributed by atoms with Crippen LogP contribution in [0.3, 0.4) is 0 Å². The highest BCUT2D eigenvalue weighted by Crippen LogP contribution is 2.35. The van der Waals surface area contributed by atoms with Crippen LogP contribution >= 0.6 is 0 Å². The first-order valence-corrected chi connectivity index (χ1v) is 8.10. The molecule has 2 aliphatic rings. The predicted molar refractivity (Wildman–Crippen MR) is 79.5 cm³/mol. The van der Waals surface area contributed by atoms with E-state index in [1.54, 1.807) is 0 Å². The van der Waals surface area contributed by atoms with Gasteiger partial charge in [0.2, 0.25) is 0 Å². The summed E-state index contributed by atoms with van der Waals surface area (Å²) in [6.07, 6.45) is 6.81. The second kappa shape index (κ2) is 5.82. The lowest BCUT2D eigenvalue weighted by atomic mass is 9.79. The maximum Gasteiger partial charge on any atom is 0.147 e. The molecule has 1 spiro atoms. The van der Waals surface area contributed by atoms with Gasteiger partial charge in [0.05, 0.1) is 6.54 Å². The molecule has 2 heterocycles. The summed E-state index contributed by atoms with van der Waals surface area (Å²) in [5, 5.41) is 12.3. The second-order valence-corrected chi connectivity index (χ2v) is 6.29. The standard InChI is InChI=1S/C15H27N5/c1-3-20-13(2)17-18-14(20)11-19-10-9-16-12-15(19)7-5-4-6-8-15/h16H,3-12H2,1-2H3. The largest absolute Gasteiger partial charge is 0.314 e. The molecule has 0 radical (unpaired) electrons. The highest BCUT2D eigenvalue weighted by atomic mass is 15.3. The molecule has 0 atom stereocenters. The van der Waals surface area contributed by atoms with Crippen LogP contribution in [-0.2, 0) is 13.1 Å². The molecular weight excluding hydrogens is 250 g/mol. The van der Waals surface area contributed by atoms with Gasteiger partial charge in [-0.15, -0.1) is 10.2 Å². The van der Waals surface area contributed by atoms with Crippen molar-refractivity contribution in [1.82, 2.24) is 25.0 Å². The number of rotatable bonds is 3. The molecule has 112 valence electrons. The molecule has 2 fully saturated rings. The first-order chi connectivity index (χ1) is 9.75. The van der Waals surface area contributed by atoms with Crippen molar-refractivity contribution in [1.29, 1.82) is 0 Å². The predicted octanol–water partition coefficient (Wildman–Crippen LogP) is 1.71. The molecule has 0 aromatic carbocycles. The molecule has 1 aliphatic heterocycles. The fourth-order valence-electron chi connectivity index (χ4n) is 3.96. The summed E-state index contributed by atoms with van der Waals surface area (Å²) in [7, 11) is 0. The van der Waals surface area contributed by atoms with Crippen molar-refractivity contribution in [2.24, 2.45) is 0 Å². The van der Waals surface area contributed by atoms with Gasteiger partial charge in [-0.05, 0) is 26.7 Å². The third-order valence-corrected chi connectivity index (χ3v) is 5.13. The minimum atomic E-state index is 0.370. The van der Waals surface area contributed by atoms with E-state index >= 15 is 0 Å². The lowest BCUT2D eigenvalue weighted by molar-refractivity contribution is 0.0181. The molecule has 1 N–H and O–H groups in total. The van der Waals surface area contributed by atoms with E-state index in [-0.39, 0.29) is 0 Å². The van der Waals surface area contributed by atoms with Crippen molar-refractivity contribution in [3.8, 4) is 0 Å². The maximum atomic E-state index is 4.41. The van der Waals surface area contributed by atoms with Crippen LogP contribution in [-0.4, -0.2) is 44.8 Å². The quantitative estimate of drug-likeness (QED) is 0.914. The van der Waals surface area contributed by atoms with Crippen molar-refractivity contribution >= 4 is 0 Å². The van der Waals surface area contributed by atoms with Gasteiger partial charge in [-0.3, -0.25) is 4.90 Å². The molecule has 0 bridgehead atoms. The molecular formula is C15H27N5. The third kappa shape index (κ3) is 2.49. The van der Waals surface area contributed by atoms with E-state index in [4.69, 9.17) is 0 Å². The maximum absolute atomic E-state index is 4.41. The number of hydrogen-bond donors (Lipinski definition) is 1. The summed E-state index contributed by atoms with van der Waals surface area (Å²) in [6.45, 7) is 9.52. The molecule has 1 aromatic heterocycles. The van der Waals surface area contributed by atoms with E-state index < -0.39 is 0 Å². The lowest BCUT2D eigenvalue weighted by Crippen LogP contribution is -2.61. The summed E-state index contributed by atoms with van der Waals surface area (Å²) in [5.74, 6) is 2.17. The van der Waals surface area contributed by atoms with Crippen LogP contribution in [0.5, 0.6) is 0 Å². The van der Waals surface area contributed by atoms with E-state index in [9.17, 15) is 0 Å². The number of aryl methyl sites for hydroxylation is 1. The van der Waals surface area contributed by atoms with Crippen molar-refractivity contribution in [2.75, 3.05) is 19.6 Å². The van der Waals surface area contributed by atoms with Crippen LogP contribution in [0.4, 0.5) is 0 Å². The molecule has 1 saturated carbocycles. The molecule has 20 heavy (non-hydrogen) atoms. The second-order valence-electron chi connectivity index (χ2n) is 6.29. The Morgan fingerprint density at radius 1 is 1.20 bits per heavy atom. The SMILES string of the molecule is CCn1c(C)nnc1CN1CCNCC12CCCCC2. The fourth-order valence-corrected chi connectivity index (χ4v) is 3.96. The summed E-state index contributed by atoms with van der Waals surface area (Å²) in [4.78, 5) is 2.68. The highest BCUT2D eigenvalue weighted by Gasteiger charge is 2.40. The van der Waals surface area contributed by atoms with Crippen molar-refractivity contribution < 1.29 is 0 Å². The Balaban J connectivity index is 1.79. The zero-order chi connectivity index (χ0) is 14.0. The average molecular weight is 277 g/mol. The molecule has 3 rings (SSSR count). The molecule has 5 nitrogen and oxygen atoms in total. The first-order valence-electron chi connectivity index (χ1n) is 8.10. The van der Waals surface area contributed by atoms with E-state index in [0.717, 1.165) is 44.4 Å². The van der Waals surface area contributed by atoms with Gasteiger partial charge in [0.25, 0.3) is 0 Å². The van der Waals surface area contributed by atoms with Crippen molar-refractivity contribution in [3.63, 3.8) is 0 Å². The summed E-state index contributed by atoms with van der Waals surface area (Å²) >= 11 is 0. The van der Waals surface area contributed by atoms with Gasteiger partial charge in [0.1, 0.15) is 11.6 Å². The third-order valence-electron chi connectivity index (χ3n) is 5.13. The number of hydrogen-bond acceptors (Lipinski definition) is 4. The lowest BCUT2D eigenvalue weighted by Gasteiger charge is -2.49. The van der Waals surface area contributed by atoms with Crippen LogP contribution in [0, 0.1) is 6.92 Å². The molecule has 1 aliphatic carbocycles. The van der Waals surface area contributed by atoms with Gasteiger partial charge in [-0.25, -0.2) is 0 Å². The Morgan fingerprint density at radius 3 is 2.75 bits per heavy atom. The van der Waals surface area contributed by atoms with Crippen molar-refractivity contribution in [3.05, 3.63) is 11.6 Å². The first kappa shape index (κ1) is 14.0. The molecule has 1 saturated heterocycles. The average Bonchev–Trinajstić information content (AvgIpc) is 2.83. The van der Waals surface area contributed by atoms with Gasteiger partial charge in [-0.1, -0.05) is 19.3 Å². The van der Waals surface area contributed by atoms with E-state index in [0.29, 0.717) is 5.54 Å². The topological polar surface area (TPSA) is 46.0 Å². The summed E-state index contributed by atoms with van der Waals surface area (Å²) < 4.78 is 2.25. The van der Waals surface area contributed by atoms with Gasteiger partial charge in [-0.2, -0.15) is 0 Å². The fraction of sp³-hybridized carbons (Fsp3) is 0.867. The van der Waals surface area contributed by atoms with Gasteiger partial charge in [0.15, 0.2) is 0 Å². The summed E-state index contributed by atoms with van der Waals surface area (Å²) in [5.41, 5.74) is 0.370. The number of nitrogens with zero attached hydrogens (tertiary/aromatic N) is 4. The van der Waals surface area contributed by atoms with Crippen LogP contribution in [0.25, 0.3) is 0 Å². The monoisotopic (exact) mass is 277 g/mol. The van der Waals surface area contributed by atoms with Gasteiger partial charge < -0.3 is 9.88 Å². The molecule has 0 unspecified atom stereocenters. The smallest absolute Gasteiger partial charge is 0.147 e. The summed E-state index contributed by atoms with van der Waals surface area (Å²) in [6, 6.07) is 0.